The van der Waals surface area contributed by atoms with E-state index >= 15 is 0 Å². The number of rotatable bonds is 0. The summed E-state index contributed by atoms with van der Waals surface area (Å²) in [5, 5.41) is 53.3. The fourth-order valence-electron chi connectivity index (χ4n) is 0. The van der Waals surface area contributed by atoms with Gasteiger partial charge in [0.05, 0.1) is 0 Å². The molecule has 0 amide bonds. The van der Waals surface area contributed by atoms with Crippen LogP contribution in [0.15, 0.2) is 0 Å². The standard InChI is InChI=1S/6C2H4O2.2Ca.Sr/c6*1-2(3)4;;;/h6*1H3,(H,3,4);;;/q;;;;;;3*+2/p-6. The van der Waals surface area contributed by atoms with Gasteiger partial charge in [0.2, 0.25) is 0 Å². The minimum Gasteiger partial charge on any atom is -0.550 e. The summed E-state index contributed by atoms with van der Waals surface area (Å²) in [7, 11) is 0. The van der Waals surface area contributed by atoms with Crippen molar-refractivity contribution in [2.75, 3.05) is 0 Å². The Balaban J connectivity index is -0.0000000201. The maximum atomic E-state index is 8.89. The van der Waals surface area contributed by atoms with E-state index in [1.807, 2.05) is 0 Å². The minimum absolute atomic E-state index is 0. The Labute approximate surface area is 253 Å². The molecule has 0 aliphatic rings. The van der Waals surface area contributed by atoms with Crippen molar-refractivity contribution >= 4 is 157 Å². The van der Waals surface area contributed by atoms with Crippen molar-refractivity contribution in [2.45, 2.75) is 41.5 Å². The Hall–Kier alpha value is 0.820. The molecule has 0 rings (SSSR count). The summed E-state index contributed by atoms with van der Waals surface area (Å²) in [4.78, 5) is 53.3. The molecule has 0 aromatic rings. The van der Waals surface area contributed by atoms with Gasteiger partial charge in [0.1, 0.15) is 0 Å². The molecule has 27 heavy (non-hydrogen) atoms. The van der Waals surface area contributed by atoms with Crippen LogP contribution in [0.25, 0.3) is 0 Å². The van der Waals surface area contributed by atoms with Crippen LogP contribution in [0.2, 0.25) is 0 Å². The Morgan fingerprint density at radius 2 is 0.370 bits per heavy atom. The van der Waals surface area contributed by atoms with Gasteiger partial charge in [0.25, 0.3) is 0 Å². The van der Waals surface area contributed by atoms with Gasteiger partial charge in [-0.25, -0.2) is 0 Å². The Bertz CT molecular complexity index is 272. The molecule has 0 radical (unpaired) electrons. The first kappa shape index (κ1) is 56.5. The number of carboxylic acid groups (broad SMARTS) is 6. The first-order chi connectivity index (χ1) is 10.4. The number of aliphatic carboxylic acids is 6. The zero-order valence-corrected chi connectivity index (χ0v) is 23.9. The smallest absolute Gasteiger partial charge is 0.550 e. The first-order valence-corrected chi connectivity index (χ1v) is 5.45. The Morgan fingerprint density at radius 3 is 0.370 bits per heavy atom. The van der Waals surface area contributed by atoms with Crippen LogP contribution in [0.5, 0.6) is 0 Å². The van der Waals surface area contributed by atoms with Crippen molar-refractivity contribution in [1.82, 2.24) is 0 Å². The van der Waals surface area contributed by atoms with Gasteiger partial charge in [-0.05, 0) is 41.5 Å². The maximum absolute atomic E-state index is 8.89. The molecule has 0 fully saturated rings. The van der Waals surface area contributed by atoms with Gasteiger partial charge in [-0.3, -0.25) is 0 Å². The first-order valence-electron chi connectivity index (χ1n) is 5.45. The van der Waals surface area contributed by atoms with Crippen LogP contribution in [0.1, 0.15) is 41.5 Å². The molecule has 0 N–H and O–H groups in total. The van der Waals surface area contributed by atoms with Crippen LogP contribution < -0.4 is 30.6 Å². The molecular formula is C12H18Ca2O12Sr. The van der Waals surface area contributed by atoms with E-state index in [9.17, 15) is 0 Å². The predicted octanol–water partition coefficient (Wildman–Crippen LogP) is -8.61. The van der Waals surface area contributed by atoms with E-state index in [2.05, 4.69) is 0 Å². The van der Waals surface area contributed by atoms with E-state index < -0.39 is 35.8 Å². The number of hydrogen-bond acceptors (Lipinski definition) is 12. The van der Waals surface area contributed by atoms with Crippen LogP contribution in [0.3, 0.4) is 0 Å². The minimum atomic E-state index is -1.08. The fourth-order valence-corrected chi connectivity index (χ4v) is 0. The van der Waals surface area contributed by atoms with E-state index in [4.69, 9.17) is 59.4 Å². The molecule has 0 aromatic heterocycles. The van der Waals surface area contributed by atoms with Gasteiger partial charge in [0, 0.05) is 35.8 Å². The maximum Gasteiger partial charge on any atom is 2.00 e. The van der Waals surface area contributed by atoms with Gasteiger partial charge >= 0.3 is 121 Å². The van der Waals surface area contributed by atoms with Gasteiger partial charge < -0.3 is 59.4 Å². The Morgan fingerprint density at radius 1 is 0.370 bits per heavy atom. The van der Waals surface area contributed by atoms with Gasteiger partial charge in [0.15, 0.2) is 0 Å². The van der Waals surface area contributed by atoms with E-state index in [1.54, 1.807) is 0 Å². The number of carbonyl (C=O) groups excluding carboxylic acids is 6. The average molecular weight is 522 g/mol. The van der Waals surface area contributed by atoms with Crippen molar-refractivity contribution < 1.29 is 59.4 Å². The monoisotopic (exact) mass is 522 g/mol. The average Bonchev–Trinajstić information content (AvgIpc) is 2.08. The molecule has 12 nitrogen and oxygen atoms in total. The van der Waals surface area contributed by atoms with Crippen molar-refractivity contribution in [3.63, 3.8) is 0 Å². The zero-order chi connectivity index (χ0) is 21.5. The summed E-state index contributed by atoms with van der Waals surface area (Å²) in [6.07, 6.45) is 0. The topological polar surface area (TPSA) is 241 Å². The third kappa shape index (κ3) is 24600. The quantitative estimate of drug-likeness (QED) is 0.270. The summed E-state index contributed by atoms with van der Waals surface area (Å²) in [5.41, 5.74) is 0. The number of carboxylic acids is 6. The van der Waals surface area contributed by atoms with Crippen molar-refractivity contribution in [1.29, 1.82) is 0 Å². The second-order valence-electron chi connectivity index (χ2n) is 2.95. The molecule has 144 valence electrons. The summed E-state index contributed by atoms with van der Waals surface area (Å²) in [6, 6.07) is 0. The van der Waals surface area contributed by atoms with Crippen molar-refractivity contribution in [3.05, 3.63) is 0 Å². The van der Waals surface area contributed by atoms with E-state index in [0.29, 0.717) is 0 Å². The molecular weight excluding hydrogens is 504 g/mol. The van der Waals surface area contributed by atoms with Gasteiger partial charge in [-0.15, -0.1) is 0 Å². The second kappa shape index (κ2) is 50.5. The van der Waals surface area contributed by atoms with Crippen LogP contribution in [-0.2, 0) is 28.8 Å². The fraction of sp³-hybridized carbons (Fsp3) is 0.500. The Kier molecular flexibility index (Phi) is 106. The predicted molar refractivity (Wildman–Crippen MR) is 81.3 cm³/mol. The van der Waals surface area contributed by atoms with Crippen LogP contribution >= 0.6 is 0 Å². The molecule has 15 heteroatoms. The molecule has 0 unspecified atom stereocenters. The van der Waals surface area contributed by atoms with Gasteiger partial charge in [-0.1, -0.05) is 0 Å². The SMILES string of the molecule is CC(=O)[O-].CC(=O)[O-].CC(=O)[O-].CC(=O)[O-].CC(=O)[O-].CC(=O)[O-].[Ca+2].[Ca+2].[Sr+2]. The molecule has 0 bridgehead atoms. The molecule has 0 spiro atoms. The summed E-state index contributed by atoms with van der Waals surface area (Å²) in [6.45, 7) is 5.83. The van der Waals surface area contributed by atoms with Crippen LogP contribution in [-0.4, -0.2) is 157 Å². The zero-order valence-electron chi connectivity index (χ0n) is 16.0. The second-order valence-corrected chi connectivity index (χ2v) is 2.95. The molecule has 0 aliphatic carbocycles. The number of hydrogen-bond donors (Lipinski definition) is 0. The van der Waals surface area contributed by atoms with Crippen molar-refractivity contribution in [3.8, 4) is 0 Å². The normalized spacial score (nSPS) is 5.56. The molecule has 0 atom stereocenters. The molecule has 0 heterocycles. The van der Waals surface area contributed by atoms with Crippen molar-refractivity contribution in [2.24, 2.45) is 0 Å². The van der Waals surface area contributed by atoms with E-state index in [-0.39, 0.29) is 121 Å². The molecule has 0 aliphatic heterocycles. The summed E-state index contributed by atoms with van der Waals surface area (Å²) in [5.74, 6) is -6.50. The van der Waals surface area contributed by atoms with E-state index in [0.717, 1.165) is 41.5 Å². The third-order valence-corrected chi connectivity index (χ3v) is 0. The van der Waals surface area contributed by atoms with Crippen LogP contribution in [0, 0.1) is 0 Å². The largest absolute Gasteiger partial charge is 2.00 e. The number of carbonyl (C=O) groups is 6. The third-order valence-electron chi connectivity index (χ3n) is 0. The summed E-state index contributed by atoms with van der Waals surface area (Å²) < 4.78 is 0. The van der Waals surface area contributed by atoms with Crippen LogP contribution in [0.4, 0.5) is 0 Å². The summed E-state index contributed by atoms with van der Waals surface area (Å²) >= 11 is 0. The molecule has 0 saturated heterocycles. The molecule has 0 saturated carbocycles. The molecule has 0 aromatic carbocycles. The van der Waals surface area contributed by atoms with Gasteiger partial charge in [-0.2, -0.15) is 0 Å². The van der Waals surface area contributed by atoms with E-state index in [1.165, 1.54) is 0 Å².